The third-order valence-electron chi connectivity index (χ3n) is 5.90. The standard InChI is InChI=1S/C30H30N2O4S/c1-22-9-16-28(17-10-22)37(34,35)32(29-18-11-23(2)19-24(29)3)20-30(33)31-26-12-14-27(15-13-26)36-21-25-7-5-4-6-8-25/h4-19H,20-21H2,1-3H3,(H,31,33). The third kappa shape index (κ3) is 6.57. The first-order valence-electron chi connectivity index (χ1n) is 12.0. The number of aryl methyl sites for hydroxylation is 3. The molecule has 190 valence electrons. The molecule has 4 aromatic rings. The number of ether oxygens (including phenoxy) is 1. The molecule has 37 heavy (non-hydrogen) atoms. The van der Waals surface area contributed by atoms with Gasteiger partial charge in [0, 0.05) is 5.69 Å². The lowest BCUT2D eigenvalue weighted by atomic mass is 10.1. The molecule has 0 fully saturated rings. The van der Waals surface area contributed by atoms with Gasteiger partial charge in [0.2, 0.25) is 5.91 Å². The molecule has 7 heteroatoms. The minimum Gasteiger partial charge on any atom is -0.489 e. The van der Waals surface area contributed by atoms with E-state index in [1.165, 1.54) is 4.31 Å². The van der Waals surface area contributed by atoms with Gasteiger partial charge in [0.05, 0.1) is 10.6 Å². The summed E-state index contributed by atoms with van der Waals surface area (Å²) in [5, 5.41) is 2.81. The topological polar surface area (TPSA) is 75.7 Å². The van der Waals surface area contributed by atoms with Crippen molar-refractivity contribution >= 4 is 27.3 Å². The van der Waals surface area contributed by atoms with Gasteiger partial charge in [-0.25, -0.2) is 8.42 Å². The molecular weight excluding hydrogens is 484 g/mol. The second kappa shape index (κ2) is 11.3. The van der Waals surface area contributed by atoms with Crippen LogP contribution in [0.2, 0.25) is 0 Å². The maximum absolute atomic E-state index is 13.6. The van der Waals surface area contributed by atoms with Crippen molar-refractivity contribution < 1.29 is 17.9 Å². The van der Waals surface area contributed by atoms with Gasteiger partial charge >= 0.3 is 0 Å². The lowest BCUT2D eigenvalue weighted by molar-refractivity contribution is -0.114. The molecule has 0 aromatic heterocycles. The van der Waals surface area contributed by atoms with Gasteiger partial charge < -0.3 is 10.1 Å². The Kier molecular flexibility index (Phi) is 7.94. The summed E-state index contributed by atoms with van der Waals surface area (Å²) >= 11 is 0. The summed E-state index contributed by atoms with van der Waals surface area (Å²) in [4.78, 5) is 13.2. The zero-order chi connectivity index (χ0) is 26.4. The number of amides is 1. The zero-order valence-corrected chi connectivity index (χ0v) is 22.0. The van der Waals surface area contributed by atoms with E-state index in [9.17, 15) is 13.2 Å². The zero-order valence-electron chi connectivity index (χ0n) is 21.1. The van der Waals surface area contributed by atoms with Crippen LogP contribution in [0, 0.1) is 20.8 Å². The highest BCUT2D eigenvalue weighted by Gasteiger charge is 2.28. The Morgan fingerprint density at radius 3 is 2.11 bits per heavy atom. The van der Waals surface area contributed by atoms with Crippen molar-refractivity contribution in [3.8, 4) is 5.75 Å². The van der Waals surface area contributed by atoms with Crippen molar-refractivity contribution in [3.05, 3.63) is 119 Å². The fraction of sp³-hybridized carbons (Fsp3) is 0.167. The SMILES string of the molecule is Cc1ccc(S(=O)(=O)N(CC(=O)Nc2ccc(OCc3ccccc3)cc2)c2ccc(C)cc2C)cc1. The second-order valence-electron chi connectivity index (χ2n) is 8.96. The van der Waals surface area contributed by atoms with Gasteiger partial charge in [0.25, 0.3) is 10.0 Å². The van der Waals surface area contributed by atoms with Crippen molar-refractivity contribution in [2.24, 2.45) is 0 Å². The first kappa shape index (κ1) is 26.0. The number of nitrogens with one attached hydrogen (secondary N) is 1. The molecule has 0 atom stereocenters. The van der Waals surface area contributed by atoms with Gasteiger partial charge in [-0.15, -0.1) is 0 Å². The largest absolute Gasteiger partial charge is 0.489 e. The van der Waals surface area contributed by atoms with E-state index in [2.05, 4.69) is 5.32 Å². The molecule has 1 amide bonds. The Labute approximate surface area is 218 Å². The van der Waals surface area contributed by atoms with Crippen LogP contribution in [-0.4, -0.2) is 20.9 Å². The minimum absolute atomic E-state index is 0.130. The molecule has 0 saturated heterocycles. The third-order valence-corrected chi connectivity index (χ3v) is 7.68. The van der Waals surface area contributed by atoms with Crippen LogP contribution in [0.3, 0.4) is 0 Å². The normalized spacial score (nSPS) is 11.1. The molecule has 0 heterocycles. The van der Waals surface area contributed by atoms with Crippen molar-refractivity contribution in [2.75, 3.05) is 16.2 Å². The number of benzene rings is 4. The number of carbonyl (C=O) groups excluding carboxylic acids is 1. The molecule has 0 aliphatic carbocycles. The number of rotatable bonds is 9. The molecule has 4 aromatic carbocycles. The summed E-state index contributed by atoms with van der Waals surface area (Å²) in [6.45, 7) is 5.74. The van der Waals surface area contributed by atoms with Crippen LogP contribution < -0.4 is 14.4 Å². The smallest absolute Gasteiger partial charge is 0.264 e. The van der Waals surface area contributed by atoms with Crippen LogP contribution in [0.1, 0.15) is 22.3 Å². The van der Waals surface area contributed by atoms with Crippen molar-refractivity contribution in [1.82, 2.24) is 0 Å². The average molecular weight is 515 g/mol. The van der Waals surface area contributed by atoms with E-state index in [0.29, 0.717) is 23.7 Å². The van der Waals surface area contributed by atoms with Gasteiger partial charge in [-0.3, -0.25) is 9.10 Å². The van der Waals surface area contributed by atoms with Gasteiger partial charge in [-0.05, 0) is 74.4 Å². The van der Waals surface area contributed by atoms with Gasteiger partial charge in [-0.2, -0.15) is 0 Å². The second-order valence-corrected chi connectivity index (χ2v) is 10.8. The lowest BCUT2D eigenvalue weighted by Crippen LogP contribution is -2.38. The Morgan fingerprint density at radius 2 is 1.46 bits per heavy atom. The molecule has 0 aliphatic rings. The summed E-state index contributed by atoms with van der Waals surface area (Å²) in [6, 6.07) is 28.9. The molecule has 1 N–H and O–H groups in total. The van der Waals surface area contributed by atoms with Crippen LogP contribution in [-0.2, 0) is 21.4 Å². The van der Waals surface area contributed by atoms with E-state index in [0.717, 1.165) is 22.3 Å². The van der Waals surface area contributed by atoms with Crippen LogP contribution in [0.4, 0.5) is 11.4 Å². The molecular formula is C30H30N2O4S. The minimum atomic E-state index is -3.98. The summed E-state index contributed by atoms with van der Waals surface area (Å²) in [5.74, 6) is 0.217. The maximum atomic E-state index is 13.6. The first-order chi connectivity index (χ1) is 17.7. The molecule has 0 saturated carbocycles. The van der Waals surface area contributed by atoms with Gasteiger partial charge in [-0.1, -0.05) is 65.7 Å². The number of anilines is 2. The van der Waals surface area contributed by atoms with Gasteiger partial charge in [0.1, 0.15) is 18.9 Å². The van der Waals surface area contributed by atoms with E-state index in [1.807, 2.05) is 63.2 Å². The number of nitrogens with zero attached hydrogens (tertiary/aromatic N) is 1. The van der Waals surface area contributed by atoms with E-state index >= 15 is 0 Å². The molecule has 6 nitrogen and oxygen atoms in total. The summed E-state index contributed by atoms with van der Waals surface area (Å²) in [6.07, 6.45) is 0. The molecule has 4 rings (SSSR count). The highest BCUT2D eigenvalue weighted by molar-refractivity contribution is 7.92. The Hall–Kier alpha value is -4.10. The first-order valence-corrected chi connectivity index (χ1v) is 13.4. The fourth-order valence-electron chi connectivity index (χ4n) is 3.93. The number of hydrogen-bond donors (Lipinski definition) is 1. The maximum Gasteiger partial charge on any atom is 0.264 e. The summed E-state index contributed by atoms with van der Waals surface area (Å²) in [7, 11) is -3.98. The molecule has 0 radical (unpaired) electrons. The van der Waals surface area contributed by atoms with Crippen LogP contribution in [0.5, 0.6) is 5.75 Å². The highest BCUT2D eigenvalue weighted by atomic mass is 32.2. The monoisotopic (exact) mass is 514 g/mol. The molecule has 0 spiro atoms. The molecule has 0 unspecified atom stereocenters. The van der Waals surface area contributed by atoms with Crippen molar-refractivity contribution in [1.29, 1.82) is 0 Å². The number of hydrogen-bond acceptors (Lipinski definition) is 4. The summed E-state index contributed by atoms with van der Waals surface area (Å²) in [5.41, 5.74) is 4.79. The van der Waals surface area contributed by atoms with Crippen LogP contribution in [0.15, 0.2) is 102 Å². The van der Waals surface area contributed by atoms with Crippen LogP contribution in [0.25, 0.3) is 0 Å². The average Bonchev–Trinajstić information content (AvgIpc) is 2.88. The number of sulfonamides is 1. The Morgan fingerprint density at radius 1 is 0.811 bits per heavy atom. The van der Waals surface area contributed by atoms with Gasteiger partial charge in [0.15, 0.2) is 0 Å². The number of carbonyl (C=O) groups is 1. The quantitative estimate of drug-likeness (QED) is 0.296. The highest BCUT2D eigenvalue weighted by Crippen LogP contribution is 2.28. The predicted octanol–water partition coefficient (Wildman–Crippen LogP) is 6.02. The summed E-state index contributed by atoms with van der Waals surface area (Å²) < 4.78 is 34.2. The van der Waals surface area contributed by atoms with Crippen molar-refractivity contribution in [3.63, 3.8) is 0 Å². The predicted molar refractivity (Wildman–Crippen MR) is 147 cm³/mol. The molecule has 0 aliphatic heterocycles. The molecule has 0 bridgehead atoms. The Bertz CT molecular complexity index is 1470. The Balaban J connectivity index is 1.51. The van der Waals surface area contributed by atoms with E-state index < -0.39 is 15.9 Å². The fourth-order valence-corrected chi connectivity index (χ4v) is 5.41. The van der Waals surface area contributed by atoms with E-state index in [4.69, 9.17) is 4.74 Å². The van der Waals surface area contributed by atoms with E-state index in [1.54, 1.807) is 54.6 Å². The lowest BCUT2D eigenvalue weighted by Gasteiger charge is -2.26. The van der Waals surface area contributed by atoms with E-state index in [-0.39, 0.29) is 11.4 Å². The van der Waals surface area contributed by atoms with Crippen LogP contribution >= 0.6 is 0 Å². The van der Waals surface area contributed by atoms with Crippen molar-refractivity contribution in [2.45, 2.75) is 32.3 Å².